The van der Waals surface area contributed by atoms with Gasteiger partial charge < -0.3 is 20.7 Å². The molecule has 124 valence electrons. The highest BCUT2D eigenvalue weighted by molar-refractivity contribution is 6.39. The lowest BCUT2D eigenvalue weighted by Gasteiger charge is -2.29. The van der Waals surface area contributed by atoms with Crippen molar-refractivity contribution in [1.82, 2.24) is 4.90 Å². The van der Waals surface area contributed by atoms with Crippen LogP contribution in [0.25, 0.3) is 0 Å². The summed E-state index contributed by atoms with van der Waals surface area (Å²) >= 11 is 0. The van der Waals surface area contributed by atoms with Crippen LogP contribution < -0.4 is 15.8 Å². The average Bonchev–Trinajstić information content (AvgIpc) is 2.56. The maximum absolute atomic E-state index is 12.1. The molecular formula is C16H21N3O4. The van der Waals surface area contributed by atoms with Crippen LogP contribution in [0.1, 0.15) is 19.8 Å². The molecule has 1 aromatic rings. The minimum absolute atomic E-state index is 0.215. The lowest BCUT2D eigenvalue weighted by Crippen LogP contribution is -2.46. The van der Waals surface area contributed by atoms with Crippen molar-refractivity contribution in [3.8, 4) is 5.75 Å². The largest absolute Gasteiger partial charge is 0.494 e. The molecule has 0 radical (unpaired) electrons. The van der Waals surface area contributed by atoms with Gasteiger partial charge in [0.1, 0.15) is 5.75 Å². The molecule has 0 saturated carbocycles. The molecule has 1 aliphatic rings. The number of nitrogens with one attached hydrogen (secondary N) is 1. The van der Waals surface area contributed by atoms with Crippen LogP contribution in [0.2, 0.25) is 0 Å². The van der Waals surface area contributed by atoms with Gasteiger partial charge in [0.2, 0.25) is 5.91 Å². The molecule has 1 aliphatic heterocycles. The zero-order valence-electron chi connectivity index (χ0n) is 13.1. The molecule has 0 atom stereocenters. The lowest BCUT2D eigenvalue weighted by atomic mass is 9.96. The van der Waals surface area contributed by atoms with Crippen molar-refractivity contribution in [3.63, 3.8) is 0 Å². The predicted octanol–water partition coefficient (Wildman–Crippen LogP) is 0.748. The van der Waals surface area contributed by atoms with Gasteiger partial charge in [0.25, 0.3) is 0 Å². The van der Waals surface area contributed by atoms with Gasteiger partial charge in [-0.1, -0.05) is 0 Å². The molecule has 1 saturated heterocycles. The normalized spacial score (nSPS) is 15.1. The number of carbonyl (C=O) groups excluding carboxylic acids is 3. The van der Waals surface area contributed by atoms with E-state index in [4.69, 9.17) is 10.5 Å². The van der Waals surface area contributed by atoms with Gasteiger partial charge in [-0.05, 0) is 44.0 Å². The molecule has 0 aliphatic carbocycles. The Labute approximate surface area is 134 Å². The number of hydrogen-bond acceptors (Lipinski definition) is 4. The van der Waals surface area contributed by atoms with Crippen LogP contribution >= 0.6 is 0 Å². The van der Waals surface area contributed by atoms with Crippen LogP contribution in [-0.2, 0) is 14.4 Å². The summed E-state index contributed by atoms with van der Waals surface area (Å²) < 4.78 is 5.31. The van der Waals surface area contributed by atoms with E-state index in [9.17, 15) is 14.4 Å². The summed E-state index contributed by atoms with van der Waals surface area (Å²) in [5, 5.41) is 2.56. The predicted molar refractivity (Wildman–Crippen MR) is 84.7 cm³/mol. The number of hydrogen-bond donors (Lipinski definition) is 2. The Hall–Kier alpha value is -2.57. The summed E-state index contributed by atoms with van der Waals surface area (Å²) in [6.07, 6.45) is 0.995. The van der Waals surface area contributed by atoms with Crippen LogP contribution in [0.5, 0.6) is 5.75 Å². The Balaban J connectivity index is 1.88. The summed E-state index contributed by atoms with van der Waals surface area (Å²) in [4.78, 5) is 36.7. The third-order valence-corrected chi connectivity index (χ3v) is 3.80. The summed E-state index contributed by atoms with van der Waals surface area (Å²) in [5.41, 5.74) is 5.78. The summed E-state index contributed by atoms with van der Waals surface area (Å²) in [7, 11) is 0. The van der Waals surface area contributed by atoms with Crippen molar-refractivity contribution in [3.05, 3.63) is 24.3 Å². The third-order valence-electron chi connectivity index (χ3n) is 3.80. The Bertz CT molecular complexity index is 577. The SMILES string of the molecule is CCOc1ccc(NC(=O)C(=O)N2CCC(C(N)=O)CC2)cc1. The molecule has 0 spiro atoms. The van der Waals surface area contributed by atoms with Gasteiger partial charge in [0.05, 0.1) is 6.61 Å². The summed E-state index contributed by atoms with van der Waals surface area (Å²) in [5.74, 6) is -1.15. The number of nitrogens with zero attached hydrogens (tertiary/aromatic N) is 1. The molecule has 2 rings (SSSR count). The minimum Gasteiger partial charge on any atom is -0.494 e. The second-order valence-corrected chi connectivity index (χ2v) is 5.38. The second kappa shape index (κ2) is 7.62. The second-order valence-electron chi connectivity index (χ2n) is 5.38. The Kier molecular flexibility index (Phi) is 5.56. The van der Waals surface area contributed by atoms with Gasteiger partial charge in [0, 0.05) is 24.7 Å². The number of rotatable bonds is 4. The number of ether oxygens (including phenoxy) is 1. The fraction of sp³-hybridized carbons (Fsp3) is 0.438. The number of anilines is 1. The fourth-order valence-electron chi connectivity index (χ4n) is 2.50. The molecule has 3 amide bonds. The highest BCUT2D eigenvalue weighted by Gasteiger charge is 2.29. The zero-order chi connectivity index (χ0) is 16.8. The van der Waals surface area contributed by atoms with E-state index in [1.807, 2.05) is 6.92 Å². The number of carbonyl (C=O) groups is 3. The molecule has 0 bridgehead atoms. The lowest BCUT2D eigenvalue weighted by molar-refractivity contribution is -0.144. The molecule has 7 heteroatoms. The maximum Gasteiger partial charge on any atom is 0.313 e. The zero-order valence-corrected chi connectivity index (χ0v) is 13.1. The fourth-order valence-corrected chi connectivity index (χ4v) is 2.50. The van der Waals surface area contributed by atoms with Gasteiger partial charge in [-0.15, -0.1) is 0 Å². The number of likely N-dealkylation sites (tertiary alicyclic amines) is 1. The van der Waals surface area contributed by atoms with E-state index in [-0.39, 0.29) is 11.8 Å². The molecule has 3 N–H and O–H groups in total. The highest BCUT2D eigenvalue weighted by Crippen LogP contribution is 2.18. The van der Waals surface area contributed by atoms with Gasteiger partial charge in [-0.3, -0.25) is 14.4 Å². The number of benzene rings is 1. The van der Waals surface area contributed by atoms with E-state index >= 15 is 0 Å². The first kappa shape index (κ1) is 16.8. The van der Waals surface area contributed by atoms with Crippen molar-refractivity contribution in [2.75, 3.05) is 25.0 Å². The van der Waals surface area contributed by atoms with E-state index in [0.717, 1.165) is 0 Å². The van der Waals surface area contributed by atoms with Crippen molar-refractivity contribution in [1.29, 1.82) is 0 Å². The van der Waals surface area contributed by atoms with E-state index in [0.29, 0.717) is 44.0 Å². The molecule has 0 unspecified atom stereocenters. The van der Waals surface area contributed by atoms with Crippen LogP contribution in [0.4, 0.5) is 5.69 Å². The topological polar surface area (TPSA) is 102 Å². The van der Waals surface area contributed by atoms with Gasteiger partial charge in [-0.25, -0.2) is 0 Å². The van der Waals surface area contributed by atoms with Crippen molar-refractivity contribution >= 4 is 23.4 Å². The molecule has 23 heavy (non-hydrogen) atoms. The molecule has 1 aromatic carbocycles. The standard InChI is InChI=1S/C16H21N3O4/c1-2-23-13-5-3-12(4-6-13)18-15(21)16(22)19-9-7-11(8-10-19)14(17)20/h3-6,11H,2,7-10H2,1H3,(H2,17,20)(H,18,21). The van der Waals surface area contributed by atoms with Crippen molar-refractivity contribution in [2.24, 2.45) is 11.7 Å². The van der Waals surface area contributed by atoms with Gasteiger partial charge in [0.15, 0.2) is 0 Å². The Morgan fingerprint density at radius 3 is 2.35 bits per heavy atom. The van der Waals surface area contributed by atoms with E-state index < -0.39 is 11.8 Å². The third kappa shape index (κ3) is 4.45. The van der Waals surface area contributed by atoms with Crippen LogP contribution in [0.3, 0.4) is 0 Å². The van der Waals surface area contributed by atoms with E-state index in [2.05, 4.69) is 5.32 Å². The van der Waals surface area contributed by atoms with Crippen LogP contribution in [-0.4, -0.2) is 42.3 Å². The number of nitrogens with two attached hydrogens (primary N) is 1. The number of amides is 3. The minimum atomic E-state index is -0.688. The Morgan fingerprint density at radius 2 is 1.83 bits per heavy atom. The quantitative estimate of drug-likeness (QED) is 0.799. The van der Waals surface area contributed by atoms with Crippen LogP contribution in [0.15, 0.2) is 24.3 Å². The first-order valence-corrected chi connectivity index (χ1v) is 7.63. The summed E-state index contributed by atoms with van der Waals surface area (Å²) in [6, 6.07) is 6.80. The number of primary amides is 1. The molecule has 7 nitrogen and oxygen atoms in total. The highest BCUT2D eigenvalue weighted by atomic mass is 16.5. The first-order chi connectivity index (χ1) is 11.0. The number of piperidine rings is 1. The molecule has 0 aromatic heterocycles. The Morgan fingerprint density at radius 1 is 1.22 bits per heavy atom. The molecule has 1 heterocycles. The smallest absolute Gasteiger partial charge is 0.313 e. The van der Waals surface area contributed by atoms with Gasteiger partial charge >= 0.3 is 11.8 Å². The van der Waals surface area contributed by atoms with E-state index in [1.165, 1.54) is 4.90 Å². The van der Waals surface area contributed by atoms with E-state index in [1.54, 1.807) is 24.3 Å². The molecular weight excluding hydrogens is 298 g/mol. The van der Waals surface area contributed by atoms with Crippen molar-refractivity contribution < 1.29 is 19.1 Å². The monoisotopic (exact) mass is 319 g/mol. The molecule has 1 fully saturated rings. The summed E-state index contributed by atoms with van der Waals surface area (Å²) in [6.45, 7) is 3.17. The first-order valence-electron chi connectivity index (χ1n) is 7.63. The van der Waals surface area contributed by atoms with Crippen molar-refractivity contribution in [2.45, 2.75) is 19.8 Å². The maximum atomic E-state index is 12.1. The average molecular weight is 319 g/mol. The van der Waals surface area contributed by atoms with Gasteiger partial charge in [-0.2, -0.15) is 0 Å². The van der Waals surface area contributed by atoms with Crippen LogP contribution in [0, 0.1) is 5.92 Å².